The van der Waals surface area contributed by atoms with Crippen molar-refractivity contribution in [2.45, 2.75) is 24.3 Å². The van der Waals surface area contributed by atoms with Crippen LogP contribution in [-0.2, 0) is 10.0 Å². The summed E-state index contributed by atoms with van der Waals surface area (Å²) in [5.74, 6) is -0.0900. The van der Waals surface area contributed by atoms with Gasteiger partial charge < -0.3 is 10.2 Å². The van der Waals surface area contributed by atoms with Crippen LogP contribution in [0.3, 0.4) is 0 Å². The van der Waals surface area contributed by atoms with E-state index in [1.807, 2.05) is 49.4 Å². The molecule has 7 heteroatoms. The molecule has 4 rings (SSSR count). The fourth-order valence-electron chi connectivity index (χ4n) is 3.63. The molecule has 1 saturated heterocycles. The predicted molar refractivity (Wildman–Crippen MR) is 123 cm³/mol. The molecular weight excluding hydrogens is 410 g/mol. The molecule has 0 bridgehead atoms. The van der Waals surface area contributed by atoms with Gasteiger partial charge in [-0.1, -0.05) is 35.9 Å². The Hall–Kier alpha value is -3.32. The van der Waals surface area contributed by atoms with Gasteiger partial charge >= 0.3 is 0 Å². The van der Waals surface area contributed by atoms with E-state index < -0.39 is 10.0 Å². The van der Waals surface area contributed by atoms with Crippen LogP contribution in [-0.4, -0.2) is 38.4 Å². The SMILES string of the molecule is Cc1ccc(NS(=O)(=O)c2ccc(C(=O)N3CCC(Nc4ccccc4)C3)cc2)cc1. The lowest BCUT2D eigenvalue weighted by Gasteiger charge is -2.18. The largest absolute Gasteiger partial charge is 0.380 e. The molecular formula is C24H25N3O3S. The van der Waals surface area contributed by atoms with E-state index in [-0.39, 0.29) is 16.8 Å². The number of aryl methyl sites for hydroxylation is 1. The highest BCUT2D eigenvalue weighted by Crippen LogP contribution is 2.20. The molecule has 1 amide bonds. The Bertz CT molecular complexity index is 1140. The monoisotopic (exact) mass is 435 g/mol. The maximum absolute atomic E-state index is 12.9. The number of carbonyl (C=O) groups is 1. The third-order valence-electron chi connectivity index (χ3n) is 5.34. The number of sulfonamides is 1. The van der Waals surface area contributed by atoms with E-state index in [9.17, 15) is 13.2 Å². The van der Waals surface area contributed by atoms with E-state index in [0.717, 1.165) is 17.7 Å². The van der Waals surface area contributed by atoms with Gasteiger partial charge in [0.25, 0.3) is 15.9 Å². The number of anilines is 2. The molecule has 0 radical (unpaired) electrons. The molecule has 2 N–H and O–H groups in total. The summed E-state index contributed by atoms with van der Waals surface area (Å²) in [6.45, 7) is 3.22. The van der Waals surface area contributed by atoms with Gasteiger partial charge in [-0.3, -0.25) is 9.52 Å². The number of amides is 1. The van der Waals surface area contributed by atoms with E-state index in [1.165, 1.54) is 12.1 Å². The van der Waals surface area contributed by atoms with Crippen molar-refractivity contribution in [2.75, 3.05) is 23.1 Å². The zero-order valence-corrected chi connectivity index (χ0v) is 18.1. The smallest absolute Gasteiger partial charge is 0.261 e. The molecule has 3 aromatic carbocycles. The van der Waals surface area contributed by atoms with Crippen molar-refractivity contribution in [3.63, 3.8) is 0 Å². The van der Waals surface area contributed by atoms with Gasteiger partial charge in [0.15, 0.2) is 0 Å². The van der Waals surface area contributed by atoms with Crippen molar-refractivity contribution in [1.29, 1.82) is 0 Å². The summed E-state index contributed by atoms with van der Waals surface area (Å²) in [5.41, 5.74) is 3.07. The van der Waals surface area contributed by atoms with Gasteiger partial charge in [0, 0.05) is 36.1 Å². The standard InChI is InChI=1S/C24H25N3O3S/c1-18-7-11-21(12-8-18)26-31(29,30)23-13-9-19(10-14-23)24(28)27-16-15-22(17-27)25-20-5-3-2-4-6-20/h2-14,22,25-26H,15-17H2,1H3. The maximum Gasteiger partial charge on any atom is 0.261 e. The minimum Gasteiger partial charge on any atom is -0.380 e. The number of para-hydroxylation sites is 1. The van der Waals surface area contributed by atoms with Gasteiger partial charge in [-0.15, -0.1) is 0 Å². The molecule has 0 aliphatic carbocycles. The molecule has 1 unspecified atom stereocenters. The highest BCUT2D eigenvalue weighted by Gasteiger charge is 2.27. The minimum atomic E-state index is -3.72. The number of nitrogens with zero attached hydrogens (tertiary/aromatic N) is 1. The summed E-state index contributed by atoms with van der Waals surface area (Å²) in [4.78, 5) is 14.8. The summed E-state index contributed by atoms with van der Waals surface area (Å²) in [5, 5.41) is 3.45. The van der Waals surface area contributed by atoms with Crippen LogP contribution < -0.4 is 10.0 Å². The fourth-order valence-corrected chi connectivity index (χ4v) is 4.69. The van der Waals surface area contributed by atoms with Crippen LogP contribution in [0.15, 0.2) is 83.8 Å². The Morgan fingerprint density at radius 1 is 0.903 bits per heavy atom. The molecule has 1 aliphatic heterocycles. The van der Waals surface area contributed by atoms with Crippen molar-refractivity contribution in [3.05, 3.63) is 90.0 Å². The second-order valence-electron chi connectivity index (χ2n) is 7.74. The number of rotatable bonds is 6. The van der Waals surface area contributed by atoms with Crippen molar-refractivity contribution in [2.24, 2.45) is 0 Å². The first kappa shape index (κ1) is 20.9. The van der Waals surface area contributed by atoms with Gasteiger partial charge in [0.05, 0.1) is 4.90 Å². The fraction of sp³-hybridized carbons (Fsp3) is 0.208. The molecule has 1 heterocycles. The van der Waals surface area contributed by atoms with Crippen molar-refractivity contribution in [3.8, 4) is 0 Å². The summed E-state index contributed by atoms with van der Waals surface area (Å²) in [7, 11) is -3.72. The van der Waals surface area contributed by atoms with Gasteiger partial charge in [-0.05, 0) is 61.9 Å². The molecule has 6 nitrogen and oxygen atoms in total. The first-order chi connectivity index (χ1) is 14.9. The van der Waals surface area contributed by atoms with Crippen molar-refractivity contribution < 1.29 is 13.2 Å². The summed E-state index contributed by atoms with van der Waals surface area (Å²) < 4.78 is 27.8. The lowest BCUT2D eigenvalue weighted by atomic mass is 10.2. The van der Waals surface area contributed by atoms with Crippen molar-refractivity contribution >= 4 is 27.3 Å². The van der Waals surface area contributed by atoms with Gasteiger partial charge in [0.2, 0.25) is 0 Å². The van der Waals surface area contributed by atoms with Gasteiger partial charge in [-0.2, -0.15) is 0 Å². The van der Waals surface area contributed by atoms with Crippen LogP contribution in [0.2, 0.25) is 0 Å². The average molecular weight is 436 g/mol. The molecule has 0 spiro atoms. The average Bonchev–Trinajstić information content (AvgIpc) is 3.24. The van der Waals surface area contributed by atoms with Crippen molar-refractivity contribution in [1.82, 2.24) is 4.90 Å². The molecule has 1 atom stereocenters. The predicted octanol–water partition coefficient (Wildman–Crippen LogP) is 4.12. The molecule has 1 aliphatic rings. The molecule has 160 valence electrons. The second-order valence-corrected chi connectivity index (χ2v) is 9.43. The van der Waals surface area contributed by atoms with Crippen LogP contribution >= 0.6 is 0 Å². The van der Waals surface area contributed by atoms with Crippen LogP contribution in [0.25, 0.3) is 0 Å². The first-order valence-electron chi connectivity index (χ1n) is 10.2. The molecule has 3 aromatic rings. The Kier molecular flexibility index (Phi) is 5.95. The molecule has 0 saturated carbocycles. The van der Waals surface area contributed by atoms with Crippen LogP contribution in [0.1, 0.15) is 22.3 Å². The summed E-state index contributed by atoms with van der Waals surface area (Å²) >= 11 is 0. The van der Waals surface area contributed by atoms with Crippen LogP contribution in [0.5, 0.6) is 0 Å². The van der Waals surface area contributed by atoms with Gasteiger partial charge in [0.1, 0.15) is 0 Å². The van der Waals surface area contributed by atoms with E-state index in [1.54, 1.807) is 29.2 Å². The first-order valence-corrected chi connectivity index (χ1v) is 11.7. The normalized spacial score (nSPS) is 16.2. The highest BCUT2D eigenvalue weighted by molar-refractivity contribution is 7.92. The van der Waals surface area contributed by atoms with E-state index >= 15 is 0 Å². The molecule has 0 aromatic heterocycles. The number of nitrogens with one attached hydrogen (secondary N) is 2. The van der Waals surface area contributed by atoms with E-state index in [4.69, 9.17) is 0 Å². The Balaban J connectivity index is 1.39. The number of hydrogen-bond acceptors (Lipinski definition) is 4. The number of carbonyl (C=O) groups excluding carboxylic acids is 1. The second kappa shape index (κ2) is 8.81. The Labute approximate surface area is 183 Å². The Morgan fingerprint density at radius 3 is 2.26 bits per heavy atom. The van der Waals surface area contributed by atoms with Gasteiger partial charge in [-0.25, -0.2) is 8.42 Å². The summed E-state index contributed by atoms with van der Waals surface area (Å²) in [6.07, 6.45) is 0.869. The third kappa shape index (κ3) is 5.06. The molecule has 1 fully saturated rings. The lowest BCUT2D eigenvalue weighted by molar-refractivity contribution is 0.0791. The number of benzene rings is 3. The quantitative estimate of drug-likeness (QED) is 0.610. The lowest BCUT2D eigenvalue weighted by Crippen LogP contribution is -2.31. The van der Waals surface area contributed by atoms with Crippen LogP contribution in [0, 0.1) is 6.92 Å². The maximum atomic E-state index is 12.9. The van der Waals surface area contributed by atoms with E-state index in [0.29, 0.717) is 24.3 Å². The zero-order chi connectivity index (χ0) is 21.8. The Morgan fingerprint density at radius 2 is 1.58 bits per heavy atom. The minimum absolute atomic E-state index is 0.0900. The highest BCUT2D eigenvalue weighted by atomic mass is 32.2. The van der Waals surface area contributed by atoms with Crippen LogP contribution in [0.4, 0.5) is 11.4 Å². The number of likely N-dealkylation sites (tertiary alicyclic amines) is 1. The number of hydrogen-bond donors (Lipinski definition) is 2. The molecule has 31 heavy (non-hydrogen) atoms. The zero-order valence-electron chi connectivity index (χ0n) is 17.3. The third-order valence-corrected chi connectivity index (χ3v) is 6.73. The van der Waals surface area contributed by atoms with E-state index in [2.05, 4.69) is 10.0 Å². The topological polar surface area (TPSA) is 78.5 Å². The summed E-state index contributed by atoms with van der Waals surface area (Å²) in [6, 6.07) is 23.4.